The van der Waals surface area contributed by atoms with E-state index in [-0.39, 0.29) is 11.9 Å². The highest BCUT2D eigenvalue weighted by atomic mass is 16.5. The molecule has 0 atom stereocenters. The summed E-state index contributed by atoms with van der Waals surface area (Å²) in [6.45, 7) is 6.07. The molecule has 22 heavy (non-hydrogen) atoms. The molecular formula is C15H25N5O2. The van der Waals surface area contributed by atoms with Gasteiger partial charge in [-0.25, -0.2) is 4.98 Å². The minimum atomic E-state index is -0.0957. The number of guanidine groups is 1. The molecule has 2 heterocycles. The zero-order valence-corrected chi connectivity index (χ0v) is 13.4. The van der Waals surface area contributed by atoms with E-state index in [4.69, 9.17) is 4.74 Å². The van der Waals surface area contributed by atoms with Gasteiger partial charge in [0.05, 0.1) is 25.9 Å². The monoisotopic (exact) mass is 307 g/mol. The number of esters is 1. The zero-order chi connectivity index (χ0) is 15.8. The first kappa shape index (κ1) is 16.3. The second-order valence-corrected chi connectivity index (χ2v) is 5.32. The van der Waals surface area contributed by atoms with Crippen LogP contribution in [0.1, 0.15) is 19.8 Å². The number of methoxy groups -OCH3 is 1. The van der Waals surface area contributed by atoms with E-state index in [1.54, 1.807) is 12.5 Å². The molecule has 0 radical (unpaired) electrons. The predicted molar refractivity (Wildman–Crippen MR) is 84.5 cm³/mol. The third kappa shape index (κ3) is 4.47. The van der Waals surface area contributed by atoms with E-state index in [0.717, 1.165) is 45.0 Å². The lowest BCUT2D eigenvalue weighted by atomic mass is 9.97. The highest BCUT2D eigenvalue weighted by Crippen LogP contribution is 2.18. The normalized spacial score (nSPS) is 16.6. The van der Waals surface area contributed by atoms with Crippen LogP contribution in [0.3, 0.4) is 0 Å². The second kappa shape index (κ2) is 8.41. The summed E-state index contributed by atoms with van der Waals surface area (Å²) in [4.78, 5) is 22.5. The molecule has 0 spiro atoms. The Hall–Kier alpha value is -2.05. The lowest BCUT2D eigenvalue weighted by molar-refractivity contribution is -0.146. The van der Waals surface area contributed by atoms with E-state index in [2.05, 4.69) is 27.1 Å². The smallest absolute Gasteiger partial charge is 0.308 e. The van der Waals surface area contributed by atoms with Gasteiger partial charge in [-0.05, 0) is 19.8 Å². The average Bonchev–Trinajstić information content (AvgIpc) is 3.07. The fourth-order valence-corrected chi connectivity index (χ4v) is 2.61. The number of hydrogen-bond donors (Lipinski definition) is 1. The van der Waals surface area contributed by atoms with Crippen LogP contribution in [0.25, 0.3) is 0 Å². The minimum Gasteiger partial charge on any atom is -0.469 e. The number of nitrogens with zero attached hydrogens (tertiary/aromatic N) is 4. The van der Waals surface area contributed by atoms with Gasteiger partial charge in [0.25, 0.3) is 0 Å². The molecule has 0 aliphatic carbocycles. The molecule has 7 nitrogen and oxygen atoms in total. The SMILES string of the molecule is CCNC(=NCCn1ccnc1)N1CCC(C(=O)OC)CC1. The van der Waals surface area contributed by atoms with Crippen LogP contribution >= 0.6 is 0 Å². The lowest BCUT2D eigenvalue weighted by Crippen LogP contribution is -2.46. The highest BCUT2D eigenvalue weighted by Gasteiger charge is 2.26. The maximum atomic E-state index is 11.6. The van der Waals surface area contributed by atoms with Gasteiger partial charge in [-0.1, -0.05) is 0 Å². The van der Waals surface area contributed by atoms with Crippen molar-refractivity contribution in [1.82, 2.24) is 19.8 Å². The van der Waals surface area contributed by atoms with Crippen LogP contribution in [0.2, 0.25) is 0 Å². The average molecular weight is 307 g/mol. The fourth-order valence-electron chi connectivity index (χ4n) is 2.61. The minimum absolute atomic E-state index is 0.0232. The predicted octanol–water partition coefficient (Wildman–Crippen LogP) is 0.734. The van der Waals surface area contributed by atoms with Crippen LogP contribution in [-0.4, -0.2) is 59.7 Å². The third-order valence-corrected chi connectivity index (χ3v) is 3.84. The van der Waals surface area contributed by atoms with Crippen molar-refractivity contribution in [1.29, 1.82) is 0 Å². The Balaban J connectivity index is 1.86. The van der Waals surface area contributed by atoms with Crippen molar-refractivity contribution in [3.8, 4) is 0 Å². The van der Waals surface area contributed by atoms with Crippen molar-refractivity contribution in [3.05, 3.63) is 18.7 Å². The Morgan fingerprint density at radius 2 is 2.23 bits per heavy atom. The Bertz CT molecular complexity index is 478. The molecule has 0 unspecified atom stereocenters. The number of ether oxygens (including phenoxy) is 1. The second-order valence-electron chi connectivity index (χ2n) is 5.32. The van der Waals surface area contributed by atoms with Crippen molar-refractivity contribution < 1.29 is 9.53 Å². The van der Waals surface area contributed by atoms with Gasteiger partial charge in [-0.15, -0.1) is 0 Å². The molecule has 7 heteroatoms. The topological polar surface area (TPSA) is 71.8 Å². The number of aliphatic imine (C=N–C) groups is 1. The molecule has 0 bridgehead atoms. The van der Waals surface area contributed by atoms with E-state index in [1.165, 1.54) is 7.11 Å². The lowest BCUT2D eigenvalue weighted by Gasteiger charge is -2.33. The molecule has 0 saturated carbocycles. The molecule has 0 amide bonds. The van der Waals surface area contributed by atoms with Crippen LogP contribution in [0.5, 0.6) is 0 Å². The summed E-state index contributed by atoms with van der Waals surface area (Å²) >= 11 is 0. The molecule has 1 aromatic heterocycles. The molecule has 1 aromatic rings. The van der Waals surface area contributed by atoms with Gasteiger partial charge in [0, 0.05) is 38.6 Å². The number of carbonyl (C=O) groups is 1. The molecule has 2 rings (SSSR count). The standard InChI is InChI=1S/C15H25N5O2/c1-3-17-15(18-7-11-19-10-6-16-12-19)20-8-4-13(5-9-20)14(21)22-2/h6,10,12-13H,3-5,7-9,11H2,1-2H3,(H,17,18). The summed E-state index contributed by atoms with van der Waals surface area (Å²) in [6, 6.07) is 0. The maximum absolute atomic E-state index is 11.6. The van der Waals surface area contributed by atoms with Gasteiger partial charge in [-0.3, -0.25) is 9.79 Å². The van der Waals surface area contributed by atoms with Crippen molar-refractivity contribution in [2.75, 3.05) is 33.3 Å². The van der Waals surface area contributed by atoms with Crippen LogP contribution < -0.4 is 5.32 Å². The number of likely N-dealkylation sites (tertiary alicyclic amines) is 1. The first-order valence-electron chi connectivity index (χ1n) is 7.81. The van der Waals surface area contributed by atoms with E-state index in [1.807, 2.05) is 10.8 Å². The van der Waals surface area contributed by atoms with Crippen molar-refractivity contribution in [3.63, 3.8) is 0 Å². The molecular weight excluding hydrogens is 282 g/mol. The van der Waals surface area contributed by atoms with Gasteiger partial charge in [-0.2, -0.15) is 0 Å². The van der Waals surface area contributed by atoms with Crippen molar-refractivity contribution in [2.45, 2.75) is 26.3 Å². The van der Waals surface area contributed by atoms with Gasteiger partial charge in [0.15, 0.2) is 5.96 Å². The van der Waals surface area contributed by atoms with Crippen LogP contribution in [-0.2, 0) is 16.1 Å². The first-order valence-corrected chi connectivity index (χ1v) is 7.81. The van der Waals surface area contributed by atoms with Crippen molar-refractivity contribution >= 4 is 11.9 Å². The molecule has 1 saturated heterocycles. The largest absolute Gasteiger partial charge is 0.469 e. The van der Waals surface area contributed by atoms with E-state index < -0.39 is 0 Å². The van der Waals surface area contributed by atoms with Crippen molar-refractivity contribution in [2.24, 2.45) is 10.9 Å². The number of carbonyl (C=O) groups excluding carboxylic acids is 1. The zero-order valence-electron chi connectivity index (χ0n) is 13.4. The summed E-state index contributed by atoms with van der Waals surface area (Å²) in [7, 11) is 1.45. The van der Waals surface area contributed by atoms with Gasteiger partial charge in [0.1, 0.15) is 0 Å². The molecule has 1 N–H and O–H groups in total. The summed E-state index contributed by atoms with van der Waals surface area (Å²) in [5.74, 6) is 0.850. The quantitative estimate of drug-likeness (QED) is 0.493. The summed E-state index contributed by atoms with van der Waals surface area (Å²) in [6.07, 6.45) is 7.14. The Morgan fingerprint density at radius 1 is 1.45 bits per heavy atom. The van der Waals surface area contributed by atoms with Crippen LogP contribution in [0.15, 0.2) is 23.7 Å². The summed E-state index contributed by atoms with van der Waals surface area (Å²) < 4.78 is 6.84. The van der Waals surface area contributed by atoms with E-state index in [0.29, 0.717) is 6.54 Å². The molecule has 1 aliphatic heterocycles. The molecule has 1 aliphatic rings. The maximum Gasteiger partial charge on any atom is 0.308 e. The highest BCUT2D eigenvalue weighted by molar-refractivity contribution is 5.80. The Morgan fingerprint density at radius 3 is 2.82 bits per heavy atom. The third-order valence-electron chi connectivity index (χ3n) is 3.84. The van der Waals surface area contributed by atoms with Gasteiger partial charge >= 0.3 is 5.97 Å². The van der Waals surface area contributed by atoms with Crippen LogP contribution in [0.4, 0.5) is 0 Å². The Labute approximate surface area is 131 Å². The summed E-state index contributed by atoms with van der Waals surface area (Å²) in [5.41, 5.74) is 0. The number of piperidine rings is 1. The number of imidazole rings is 1. The van der Waals surface area contributed by atoms with E-state index in [9.17, 15) is 4.79 Å². The molecule has 122 valence electrons. The number of hydrogen-bond acceptors (Lipinski definition) is 4. The van der Waals surface area contributed by atoms with Gasteiger partial charge in [0.2, 0.25) is 0 Å². The van der Waals surface area contributed by atoms with Gasteiger partial charge < -0.3 is 19.5 Å². The number of aromatic nitrogens is 2. The fraction of sp³-hybridized carbons (Fsp3) is 0.667. The van der Waals surface area contributed by atoms with E-state index >= 15 is 0 Å². The molecule has 0 aromatic carbocycles. The summed E-state index contributed by atoms with van der Waals surface area (Å²) in [5, 5.41) is 3.33. The number of rotatable bonds is 5. The Kier molecular flexibility index (Phi) is 6.24. The molecule has 1 fully saturated rings. The first-order chi connectivity index (χ1) is 10.7. The number of nitrogens with one attached hydrogen (secondary N) is 1. The van der Waals surface area contributed by atoms with Crippen LogP contribution in [0, 0.1) is 5.92 Å².